The second-order valence-electron chi connectivity index (χ2n) is 3.81. The number of para-hydroxylation sites is 1. The summed E-state index contributed by atoms with van der Waals surface area (Å²) in [5.41, 5.74) is 0.774. The molecular formula is C13H16N2O2. The van der Waals surface area contributed by atoms with Crippen LogP contribution in [-0.4, -0.2) is 14.9 Å². The Hall–Kier alpha value is -1.81. The topological polar surface area (TPSA) is 47.3 Å². The van der Waals surface area contributed by atoms with Crippen LogP contribution in [0.2, 0.25) is 0 Å². The molecule has 0 fully saturated rings. The molecule has 2 rings (SSSR count). The van der Waals surface area contributed by atoms with E-state index in [1.807, 2.05) is 35.1 Å². The van der Waals surface area contributed by atoms with E-state index in [1.54, 1.807) is 6.20 Å². The summed E-state index contributed by atoms with van der Waals surface area (Å²) in [6.07, 6.45) is 4.58. The lowest BCUT2D eigenvalue weighted by Gasteiger charge is -2.06. The van der Waals surface area contributed by atoms with E-state index in [9.17, 15) is 5.11 Å². The van der Waals surface area contributed by atoms with E-state index in [-0.39, 0.29) is 6.61 Å². The number of aliphatic hydroxyl groups excluding tert-OH is 1. The number of hydrogen-bond acceptors (Lipinski definition) is 3. The molecule has 0 aliphatic carbocycles. The number of aliphatic hydroxyl groups is 1. The molecule has 1 aromatic heterocycles. The molecule has 1 N–H and O–H groups in total. The molecule has 0 bridgehead atoms. The summed E-state index contributed by atoms with van der Waals surface area (Å²) in [6.45, 7) is 2.95. The van der Waals surface area contributed by atoms with Crippen LogP contribution >= 0.6 is 0 Å². The van der Waals surface area contributed by atoms with Gasteiger partial charge in [0.1, 0.15) is 5.75 Å². The first-order valence-corrected chi connectivity index (χ1v) is 5.72. The lowest BCUT2D eigenvalue weighted by molar-refractivity contribution is 0.276. The van der Waals surface area contributed by atoms with Gasteiger partial charge in [0.05, 0.1) is 19.0 Å². The Morgan fingerprint density at radius 2 is 2.18 bits per heavy atom. The van der Waals surface area contributed by atoms with Crippen molar-refractivity contribution in [2.45, 2.75) is 26.5 Å². The van der Waals surface area contributed by atoms with Crippen LogP contribution in [0.4, 0.5) is 0 Å². The molecule has 0 radical (unpaired) electrons. The molecule has 0 atom stereocenters. The third kappa shape index (κ3) is 2.85. The second-order valence-corrected chi connectivity index (χ2v) is 3.81. The maximum absolute atomic E-state index is 9.19. The molecule has 1 heterocycles. The fourth-order valence-corrected chi connectivity index (χ4v) is 1.61. The summed E-state index contributed by atoms with van der Waals surface area (Å²) in [6, 6.07) is 7.43. The van der Waals surface area contributed by atoms with E-state index in [0.717, 1.165) is 18.5 Å². The highest BCUT2D eigenvalue weighted by Gasteiger charge is 2.05. The van der Waals surface area contributed by atoms with Gasteiger partial charge < -0.3 is 9.84 Å². The van der Waals surface area contributed by atoms with Crippen LogP contribution in [0.5, 0.6) is 11.5 Å². The number of nitrogens with zero attached hydrogens (tertiary/aromatic N) is 2. The molecule has 0 aliphatic heterocycles. The van der Waals surface area contributed by atoms with Gasteiger partial charge in [-0.1, -0.05) is 25.1 Å². The third-order valence-corrected chi connectivity index (χ3v) is 2.43. The minimum Gasteiger partial charge on any atom is -0.454 e. The van der Waals surface area contributed by atoms with Crippen molar-refractivity contribution in [1.82, 2.24) is 9.78 Å². The van der Waals surface area contributed by atoms with Crippen LogP contribution < -0.4 is 4.74 Å². The second kappa shape index (κ2) is 5.50. The fourth-order valence-electron chi connectivity index (χ4n) is 1.61. The number of hydrogen-bond donors (Lipinski definition) is 1. The van der Waals surface area contributed by atoms with Crippen molar-refractivity contribution in [1.29, 1.82) is 0 Å². The Morgan fingerprint density at radius 1 is 1.35 bits per heavy atom. The number of rotatable bonds is 5. The molecule has 1 aromatic carbocycles. The molecule has 17 heavy (non-hydrogen) atoms. The van der Waals surface area contributed by atoms with Gasteiger partial charge in [0.15, 0.2) is 5.75 Å². The number of aromatic nitrogens is 2. The van der Waals surface area contributed by atoms with Crippen molar-refractivity contribution in [2.75, 3.05) is 0 Å². The fraction of sp³-hybridized carbons (Fsp3) is 0.308. The zero-order valence-corrected chi connectivity index (χ0v) is 9.84. The highest BCUT2D eigenvalue weighted by Crippen LogP contribution is 2.24. The molecule has 4 heteroatoms. The van der Waals surface area contributed by atoms with E-state index in [4.69, 9.17) is 4.74 Å². The van der Waals surface area contributed by atoms with E-state index >= 15 is 0 Å². The van der Waals surface area contributed by atoms with E-state index in [2.05, 4.69) is 12.0 Å². The van der Waals surface area contributed by atoms with E-state index in [0.29, 0.717) is 11.5 Å². The normalized spacial score (nSPS) is 10.5. The van der Waals surface area contributed by atoms with Crippen LogP contribution in [0.3, 0.4) is 0 Å². The number of ether oxygens (including phenoxy) is 1. The van der Waals surface area contributed by atoms with Gasteiger partial charge in [-0.2, -0.15) is 5.10 Å². The SMILES string of the molecule is CCCn1cc(Oc2ccccc2CO)cn1. The molecular weight excluding hydrogens is 216 g/mol. The lowest BCUT2D eigenvalue weighted by Crippen LogP contribution is -1.95. The number of aryl methyl sites for hydroxylation is 1. The minimum absolute atomic E-state index is 0.0285. The van der Waals surface area contributed by atoms with Crippen LogP contribution in [0.1, 0.15) is 18.9 Å². The van der Waals surface area contributed by atoms with Crippen molar-refractivity contribution in [2.24, 2.45) is 0 Å². The summed E-state index contributed by atoms with van der Waals surface area (Å²) in [5.74, 6) is 1.37. The maximum atomic E-state index is 9.19. The van der Waals surface area contributed by atoms with Crippen LogP contribution in [0, 0.1) is 0 Å². The Bertz CT molecular complexity index is 480. The maximum Gasteiger partial charge on any atom is 0.165 e. The van der Waals surface area contributed by atoms with Crippen molar-refractivity contribution < 1.29 is 9.84 Å². The van der Waals surface area contributed by atoms with E-state index < -0.39 is 0 Å². The summed E-state index contributed by atoms with van der Waals surface area (Å²) < 4.78 is 7.53. The molecule has 0 spiro atoms. The summed E-state index contributed by atoms with van der Waals surface area (Å²) in [7, 11) is 0. The van der Waals surface area contributed by atoms with Gasteiger partial charge in [0.2, 0.25) is 0 Å². The summed E-state index contributed by atoms with van der Waals surface area (Å²) in [5, 5.41) is 13.4. The van der Waals surface area contributed by atoms with E-state index in [1.165, 1.54) is 0 Å². The average molecular weight is 232 g/mol. The smallest absolute Gasteiger partial charge is 0.165 e. The average Bonchev–Trinajstić information content (AvgIpc) is 2.78. The van der Waals surface area contributed by atoms with Crippen molar-refractivity contribution in [3.8, 4) is 11.5 Å². The van der Waals surface area contributed by atoms with Crippen LogP contribution in [0.15, 0.2) is 36.7 Å². The Balaban J connectivity index is 2.13. The van der Waals surface area contributed by atoms with Gasteiger partial charge in [0.25, 0.3) is 0 Å². The molecule has 4 nitrogen and oxygen atoms in total. The van der Waals surface area contributed by atoms with Crippen molar-refractivity contribution in [3.05, 3.63) is 42.2 Å². The van der Waals surface area contributed by atoms with Crippen molar-refractivity contribution >= 4 is 0 Å². The first-order chi connectivity index (χ1) is 8.33. The highest BCUT2D eigenvalue weighted by atomic mass is 16.5. The summed E-state index contributed by atoms with van der Waals surface area (Å²) in [4.78, 5) is 0. The standard InChI is InChI=1S/C13H16N2O2/c1-2-7-15-9-12(8-14-15)17-13-6-4-3-5-11(13)10-16/h3-6,8-9,16H,2,7,10H2,1H3. The molecule has 90 valence electrons. The molecule has 0 amide bonds. The van der Waals surface area contributed by atoms with Crippen molar-refractivity contribution in [3.63, 3.8) is 0 Å². The third-order valence-electron chi connectivity index (χ3n) is 2.43. The zero-order chi connectivity index (χ0) is 12.1. The molecule has 0 unspecified atom stereocenters. The Morgan fingerprint density at radius 3 is 2.94 bits per heavy atom. The highest BCUT2D eigenvalue weighted by molar-refractivity contribution is 5.36. The molecule has 0 saturated heterocycles. The molecule has 0 aliphatic rings. The largest absolute Gasteiger partial charge is 0.454 e. The van der Waals surface area contributed by atoms with Gasteiger partial charge in [0, 0.05) is 12.1 Å². The van der Waals surface area contributed by atoms with Gasteiger partial charge >= 0.3 is 0 Å². The van der Waals surface area contributed by atoms with Gasteiger partial charge in [-0.05, 0) is 12.5 Å². The summed E-state index contributed by atoms with van der Waals surface area (Å²) >= 11 is 0. The predicted molar refractivity (Wildman–Crippen MR) is 65.0 cm³/mol. The minimum atomic E-state index is -0.0285. The first kappa shape index (κ1) is 11.7. The Kier molecular flexibility index (Phi) is 3.77. The molecule has 0 saturated carbocycles. The number of benzene rings is 1. The van der Waals surface area contributed by atoms with Crippen LogP contribution in [0.25, 0.3) is 0 Å². The van der Waals surface area contributed by atoms with Gasteiger partial charge in [-0.25, -0.2) is 0 Å². The zero-order valence-electron chi connectivity index (χ0n) is 9.84. The quantitative estimate of drug-likeness (QED) is 0.861. The van der Waals surface area contributed by atoms with Crippen LogP contribution in [-0.2, 0) is 13.2 Å². The molecule has 2 aromatic rings. The van der Waals surface area contributed by atoms with Gasteiger partial charge in [-0.15, -0.1) is 0 Å². The monoisotopic (exact) mass is 232 g/mol. The van der Waals surface area contributed by atoms with Gasteiger partial charge in [-0.3, -0.25) is 4.68 Å². The first-order valence-electron chi connectivity index (χ1n) is 5.72. The lowest BCUT2D eigenvalue weighted by atomic mass is 10.2. The predicted octanol–water partition coefficient (Wildman–Crippen LogP) is 2.58. The Labute approximate surface area is 100 Å².